The van der Waals surface area contributed by atoms with E-state index in [2.05, 4.69) is 25.3 Å². The molecule has 43 heavy (non-hydrogen) atoms. The van der Waals surface area contributed by atoms with Crippen LogP contribution in [-0.2, 0) is 19.6 Å². The van der Waals surface area contributed by atoms with Gasteiger partial charge in [-0.05, 0) is 67.4 Å². The zero-order valence-electron chi connectivity index (χ0n) is 23.1. The van der Waals surface area contributed by atoms with Gasteiger partial charge in [-0.2, -0.15) is 10.2 Å². The van der Waals surface area contributed by atoms with Crippen molar-refractivity contribution in [2.75, 3.05) is 4.72 Å². The number of hydrogen-bond acceptors (Lipinski definition) is 10. The van der Waals surface area contributed by atoms with Gasteiger partial charge in [-0.15, -0.1) is 0 Å². The molecule has 0 bridgehead atoms. The zero-order chi connectivity index (χ0) is 31.4. The second kappa shape index (κ2) is 15.5. The van der Waals surface area contributed by atoms with Gasteiger partial charge in [0.05, 0.1) is 26.8 Å². The summed E-state index contributed by atoms with van der Waals surface area (Å²) in [6.45, 7) is 1.91. The first kappa shape index (κ1) is 32.8. The van der Waals surface area contributed by atoms with E-state index < -0.39 is 33.9 Å². The molecule has 15 heteroatoms. The molecule has 1 unspecified atom stereocenters. The highest BCUT2D eigenvalue weighted by Gasteiger charge is 2.24. The molecule has 0 fully saturated rings. The highest BCUT2D eigenvalue weighted by molar-refractivity contribution is 7.92. The van der Waals surface area contributed by atoms with E-state index in [9.17, 15) is 27.9 Å². The number of esters is 1. The van der Waals surface area contributed by atoms with Crippen LogP contribution in [0.1, 0.15) is 49.4 Å². The summed E-state index contributed by atoms with van der Waals surface area (Å²) in [6.07, 6.45) is 3.00. The second-order valence-electron chi connectivity index (χ2n) is 9.14. The van der Waals surface area contributed by atoms with Gasteiger partial charge in [0.25, 0.3) is 15.9 Å². The fourth-order valence-corrected chi connectivity index (χ4v) is 4.67. The number of nitrogens with zero attached hydrogens (tertiary/aromatic N) is 3. The number of aliphatic carboxylic acids is 1. The summed E-state index contributed by atoms with van der Waals surface area (Å²) in [4.78, 5) is 41.1. The molecule has 3 rings (SSSR count). The Morgan fingerprint density at radius 1 is 1.05 bits per heavy atom. The molecule has 5 N–H and O–H groups in total. The molecular weight excluding hydrogens is 596 g/mol. The molecule has 13 nitrogen and oxygen atoms in total. The van der Waals surface area contributed by atoms with Crippen LogP contribution in [0.15, 0.2) is 82.0 Å². The molecule has 0 spiro atoms. The minimum atomic E-state index is -3.88. The third-order valence-corrected chi connectivity index (χ3v) is 7.36. The number of ether oxygens (including phenoxy) is 1. The SMILES string of the molecule is CCCCC(=O)Oc1ccc(/N=N/c2ccc(S(=O)(=O)Nc3ccccn3)cc2)cc1C(=O)NC(CCC(N)=S)C(=O)O. The number of nitrogens with one attached hydrogen (secondary N) is 2. The van der Waals surface area contributed by atoms with E-state index in [0.29, 0.717) is 12.1 Å². The van der Waals surface area contributed by atoms with Gasteiger partial charge in [0.1, 0.15) is 17.6 Å². The number of benzene rings is 2. The van der Waals surface area contributed by atoms with Gasteiger partial charge in [0, 0.05) is 19.0 Å². The number of amides is 1. The maximum atomic E-state index is 13.1. The number of thiocarbonyl (C=S) groups is 1. The molecule has 2 aromatic carbocycles. The van der Waals surface area contributed by atoms with Gasteiger partial charge in [-0.1, -0.05) is 31.6 Å². The molecule has 226 valence electrons. The summed E-state index contributed by atoms with van der Waals surface area (Å²) in [5, 5.41) is 20.1. The first-order valence-electron chi connectivity index (χ1n) is 13.1. The van der Waals surface area contributed by atoms with E-state index in [-0.39, 0.29) is 52.0 Å². The maximum Gasteiger partial charge on any atom is 0.326 e. The molecule has 0 saturated heterocycles. The number of pyridine rings is 1. The number of sulfonamides is 1. The number of unbranched alkanes of at least 4 members (excludes halogenated alkanes) is 1. The van der Waals surface area contributed by atoms with Crippen LogP contribution in [-0.4, -0.2) is 47.4 Å². The van der Waals surface area contributed by atoms with Crippen LogP contribution in [0.5, 0.6) is 5.75 Å². The summed E-state index contributed by atoms with van der Waals surface area (Å²) in [5.74, 6) is -2.57. The van der Waals surface area contributed by atoms with Gasteiger partial charge >= 0.3 is 11.9 Å². The Morgan fingerprint density at radius 3 is 2.37 bits per heavy atom. The minimum Gasteiger partial charge on any atom is -0.480 e. The number of aromatic nitrogens is 1. The molecule has 3 aromatic rings. The molecule has 1 atom stereocenters. The first-order valence-corrected chi connectivity index (χ1v) is 15.0. The third-order valence-electron chi connectivity index (χ3n) is 5.78. The third kappa shape index (κ3) is 10.2. The average molecular weight is 627 g/mol. The lowest BCUT2D eigenvalue weighted by atomic mass is 10.1. The number of rotatable bonds is 15. The highest BCUT2D eigenvalue weighted by atomic mass is 32.2. The van der Waals surface area contributed by atoms with Gasteiger partial charge in [0.15, 0.2) is 0 Å². The lowest BCUT2D eigenvalue weighted by molar-refractivity contribution is -0.139. The van der Waals surface area contributed by atoms with E-state index in [1.165, 1.54) is 54.7 Å². The van der Waals surface area contributed by atoms with Gasteiger partial charge in [-0.3, -0.25) is 14.3 Å². The molecular formula is C28H30N6O7S2. The standard InChI is InChI=1S/C28H30N6O7S2/c1-2-3-7-26(35)41-23-14-10-19(17-21(23)27(36)31-22(28(37)38)13-15-24(29)42)33-32-18-8-11-20(12-9-18)43(39,40)34-25-6-4-5-16-30-25/h4-6,8-12,14,16-17,22H,2-3,7,13,15H2,1H3,(H2,29,42)(H,30,34)(H,31,36)(H,37,38)/b33-32+. The van der Waals surface area contributed by atoms with Crippen LogP contribution in [0.2, 0.25) is 0 Å². The summed E-state index contributed by atoms with van der Waals surface area (Å²) in [6, 6.07) is 13.2. The first-order chi connectivity index (χ1) is 20.5. The van der Waals surface area contributed by atoms with E-state index >= 15 is 0 Å². The van der Waals surface area contributed by atoms with Crippen LogP contribution in [0.25, 0.3) is 0 Å². The van der Waals surface area contributed by atoms with E-state index in [0.717, 1.165) is 6.42 Å². The predicted octanol–water partition coefficient (Wildman–Crippen LogP) is 4.64. The topological polar surface area (TPSA) is 202 Å². The molecule has 1 amide bonds. The zero-order valence-corrected chi connectivity index (χ0v) is 24.7. The molecule has 1 heterocycles. The van der Waals surface area contributed by atoms with Gasteiger partial charge < -0.3 is 20.9 Å². The normalized spacial score (nSPS) is 11.9. The molecule has 1 aromatic heterocycles. The lowest BCUT2D eigenvalue weighted by Gasteiger charge is -2.16. The van der Waals surface area contributed by atoms with Crippen molar-refractivity contribution in [3.63, 3.8) is 0 Å². The Bertz CT molecular complexity index is 1600. The van der Waals surface area contributed by atoms with Crippen molar-refractivity contribution in [1.29, 1.82) is 0 Å². The monoisotopic (exact) mass is 626 g/mol. The Morgan fingerprint density at radius 2 is 1.74 bits per heavy atom. The van der Waals surface area contributed by atoms with E-state index in [1.54, 1.807) is 12.1 Å². The van der Waals surface area contributed by atoms with Crippen LogP contribution in [0, 0.1) is 0 Å². The van der Waals surface area contributed by atoms with Crippen molar-refractivity contribution in [3.05, 3.63) is 72.4 Å². The van der Waals surface area contributed by atoms with Crippen molar-refractivity contribution in [3.8, 4) is 5.75 Å². The molecule has 0 saturated carbocycles. The van der Waals surface area contributed by atoms with Crippen molar-refractivity contribution in [1.82, 2.24) is 10.3 Å². The second-order valence-corrected chi connectivity index (χ2v) is 11.3. The highest BCUT2D eigenvalue weighted by Crippen LogP contribution is 2.28. The number of nitrogens with two attached hydrogens (primary N) is 1. The molecule has 0 radical (unpaired) electrons. The number of carbonyl (C=O) groups is 3. The largest absolute Gasteiger partial charge is 0.480 e. The maximum absolute atomic E-state index is 13.1. The number of azo groups is 1. The van der Waals surface area contributed by atoms with Gasteiger partial charge in [0.2, 0.25) is 0 Å². The number of anilines is 1. The van der Waals surface area contributed by atoms with E-state index in [4.69, 9.17) is 22.7 Å². The summed E-state index contributed by atoms with van der Waals surface area (Å²) >= 11 is 4.81. The van der Waals surface area contributed by atoms with E-state index in [1.807, 2.05) is 6.92 Å². The lowest BCUT2D eigenvalue weighted by Crippen LogP contribution is -2.41. The Labute approximate surface area is 253 Å². The van der Waals surface area contributed by atoms with Crippen molar-refractivity contribution in [2.24, 2.45) is 16.0 Å². The summed E-state index contributed by atoms with van der Waals surface area (Å²) in [7, 11) is -3.88. The predicted molar refractivity (Wildman–Crippen MR) is 162 cm³/mol. The summed E-state index contributed by atoms with van der Waals surface area (Å²) < 4.78 is 33.0. The van der Waals surface area contributed by atoms with Crippen LogP contribution >= 0.6 is 12.2 Å². The van der Waals surface area contributed by atoms with Crippen molar-refractivity contribution >= 4 is 62.3 Å². The smallest absolute Gasteiger partial charge is 0.326 e. The molecule has 0 aliphatic carbocycles. The quantitative estimate of drug-likeness (QED) is 0.0796. The van der Waals surface area contributed by atoms with Crippen molar-refractivity contribution in [2.45, 2.75) is 50.0 Å². The van der Waals surface area contributed by atoms with Crippen LogP contribution < -0.4 is 20.5 Å². The molecule has 0 aliphatic heterocycles. The Kier molecular flexibility index (Phi) is 11.8. The van der Waals surface area contributed by atoms with Crippen LogP contribution in [0.4, 0.5) is 17.2 Å². The fourth-order valence-electron chi connectivity index (χ4n) is 3.55. The Balaban J connectivity index is 1.83. The number of carboxylic acid groups (broad SMARTS) is 1. The van der Waals surface area contributed by atoms with Crippen molar-refractivity contribution < 1.29 is 32.6 Å². The fraction of sp³-hybridized carbons (Fsp3) is 0.250. The Hall–Kier alpha value is -4.76. The van der Waals surface area contributed by atoms with Gasteiger partial charge in [-0.25, -0.2) is 18.2 Å². The number of carboxylic acids is 1. The molecule has 0 aliphatic rings. The number of hydrogen-bond donors (Lipinski definition) is 4. The number of carbonyl (C=O) groups excluding carboxylic acids is 2. The van der Waals surface area contributed by atoms with Crippen LogP contribution in [0.3, 0.4) is 0 Å². The minimum absolute atomic E-state index is 0.0197. The average Bonchev–Trinajstić information content (AvgIpc) is 2.97. The summed E-state index contributed by atoms with van der Waals surface area (Å²) in [5.41, 5.74) is 5.83.